The summed E-state index contributed by atoms with van der Waals surface area (Å²) >= 11 is 0. The molecule has 0 saturated heterocycles. The van der Waals surface area contributed by atoms with Gasteiger partial charge in [-0.25, -0.2) is 4.79 Å². The molecule has 14 heavy (non-hydrogen) atoms. The molecule has 5 nitrogen and oxygen atoms in total. The number of ether oxygens (including phenoxy) is 1. The van der Waals surface area contributed by atoms with E-state index in [-0.39, 0.29) is 12.0 Å². The maximum Gasteiger partial charge on any atom is 0.358 e. The summed E-state index contributed by atoms with van der Waals surface area (Å²) in [5.74, 6) is -0.388. The van der Waals surface area contributed by atoms with Crippen LogP contribution in [-0.2, 0) is 17.7 Å². The fourth-order valence-electron chi connectivity index (χ4n) is 1.68. The van der Waals surface area contributed by atoms with Crippen molar-refractivity contribution in [3.8, 4) is 0 Å². The molecule has 1 atom stereocenters. The van der Waals surface area contributed by atoms with Gasteiger partial charge < -0.3 is 10.5 Å². The zero-order valence-corrected chi connectivity index (χ0v) is 8.06. The van der Waals surface area contributed by atoms with Crippen LogP contribution in [0.4, 0.5) is 0 Å². The highest BCUT2D eigenvalue weighted by Gasteiger charge is 2.20. The minimum absolute atomic E-state index is 0.185. The van der Waals surface area contributed by atoms with E-state index in [1.807, 2.05) is 4.68 Å². The van der Waals surface area contributed by atoms with Crippen molar-refractivity contribution in [1.29, 1.82) is 0 Å². The molecule has 1 aromatic heterocycles. The molecule has 1 unspecified atom stereocenters. The van der Waals surface area contributed by atoms with Crippen LogP contribution in [0.2, 0.25) is 0 Å². The number of carbonyl (C=O) groups is 1. The van der Waals surface area contributed by atoms with Crippen molar-refractivity contribution in [2.24, 2.45) is 5.73 Å². The van der Waals surface area contributed by atoms with E-state index < -0.39 is 0 Å². The summed E-state index contributed by atoms with van der Waals surface area (Å²) in [6, 6.07) is 1.94. The maximum absolute atomic E-state index is 11.2. The molecule has 2 rings (SSSR count). The molecule has 5 heteroatoms. The van der Waals surface area contributed by atoms with Crippen LogP contribution in [0, 0.1) is 0 Å². The Morgan fingerprint density at radius 2 is 2.57 bits per heavy atom. The molecule has 1 aliphatic rings. The number of nitrogens with two attached hydrogens (primary N) is 1. The highest BCUT2D eigenvalue weighted by atomic mass is 16.5. The normalized spacial score (nSPS) is 20.3. The van der Waals surface area contributed by atoms with E-state index >= 15 is 0 Å². The summed E-state index contributed by atoms with van der Waals surface area (Å²) in [7, 11) is 1.35. The van der Waals surface area contributed by atoms with Crippen LogP contribution < -0.4 is 5.73 Å². The zero-order valence-electron chi connectivity index (χ0n) is 8.06. The molecule has 0 aromatic carbocycles. The quantitative estimate of drug-likeness (QED) is 0.637. The number of fused-ring (bicyclic) bond motifs is 1. The van der Waals surface area contributed by atoms with Gasteiger partial charge >= 0.3 is 5.97 Å². The number of esters is 1. The molecule has 1 aromatic rings. The highest BCUT2D eigenvalue weighted by molar-refractivity contribution is 5.87. The van der Waals surface area contributed by atoms with E-state index in [0.29, 0.717) is 5.69 Å². The molecule has 2 heterocycles. The number of rotatable bonds is 1. The van der Waals surface area contributed by atoms with Crippen molar-refractivity contribution in [2.75, 3.05) is 7.11 Å². The first kappa shape index (κ1) is 9.21. The molecule has 0 radical (unpaired) electrons. The molecule has 0 aliphatic carbocycles. The lowest BCUT2D eigenvalue weighted by Gasteiger charge is -2.18. The Morgan fingerprint density at radius 3 is 3.29 bits per heavy atom. The first-order chi connectivity index (χ1) is 6.70. The Hall–Kier alpha value is -1.36. The van der Waals surface area contributed by atoms with E-state index in [0.717, 1.165) is 25.1 Å². The van der Waals surface area contributed by atoms with Crippen molar-refractivity contribution < 1.29 is 9.53 Å². The first-order valence-corrected chi connectivity index (χ1v) is 4.61. The molecule has 0 amide bonds. The molecule has 2 N–H and O–H groups in total. The van der Waals surface area contributed by atoms with E-state index in [1.165, 1.54) is 7.11 Å². The Balaban J connectivity index is 2.27. The Labute approximate surface area is 81.8 Å². The molecular formula is C9H13N3O2. The van der Waals surface area contributed by atoms with Gasteiger partial charge in [-0.15, -0.1) is 0 Å². The van der Waals surface area contributed by atoms with Crippen molar-refractivity contribution in [3.63, 3.8) is 0 Å². The smallest absolute Gasteiger partial charge is 0.358 e. The van der Waals surface area contributed by atoms with Gasteiger partial charge in [0, 0.05) is 24.7 Å². The minimum Gasteiger partial charge on any atom is -0.464 e. The lowest BCUT2D eigenvalue weighted by molar-refractivity contribution is 0.0593. The summed E-state index contributed by atoms with van der Waals surface area (Å²) in [6.07, 6.45) is 1.69. The van der Waals surface area contributed by atoms with Gasteiger partial charge in [-0.3, -0.25) is 4.68 Å². The Morgan fingerprint density at radius 1 is 1.79 bits per heavy atom. The van der Waals surface area contributed by atoms with Crippen LogP contribution in [-0.4, -0.2) is 28.9 Å². The van der Waals surface area contributed by atoms with Gasteiger partial charge in [0.15, 0.2) is 5.69 Å². The second-order valence-corrected chi connectivity index (χ2v) is 3.49. The predicted molar refractivity (Wildman–Crippen MR) is 49.9 cm³/mol. The van der Waals surface area contributed by atoms with Gasteiger partial charge in [0.2, 0.25) is 0 Å². The van der Waals surface area contributed by atoms with Crippen LogP contribution in [0.15, 0.2) is 6.07 Å². The molecule has 0 bridgehead atoms. The van der Waals surface area contributed by atoms with Gasteiger partial charge in [0.1, 0.15) is 0 Å². The Bertz CT molecular complexity index is 359. The third-order valence-corrected chi connectivity index (χ3v) is 2.44. The van der Waals surface area contributed by atoms with Crippen LogP contribution in [0.25, 0.3) is 0 Å². The maximum atomic E-state index is 11.2. The summed E-state index contributed by atoms with van der Waals surface area (Å²) < 4.78 is 6.42. The molecule has 1 aliphatic heterocycles. The lowest BCUT2D eigenvalue weighted by atomic mass is 10.1. The number of hydrogen-bond donors (Lipinski definition) is 1. The number of aromatic nitrogens is 2. The third kappa shape index (κ3) is 1.50. The largest absolute Gasteiger partial charge is 0.464 e. The number of aryl methyl sites for hydroxylation is 1. The second-order valence-electron chi connectivity index (χ2n) is 3.49. The number of hydrogen-bond acceptors (Lipinski definition) is 4. The van der Waals surface area contributed by atoms with Gasteiger partial charge in [-0.1, -0.05) is 0 Å². The fourth-order valence-corrected chi connectivity index (χ4v) is 1.68. The molecule has 0 saturated carbocycles. The number of carbonyl (C=O) groups excluding carboxylic acids is 1. The molecule has 76 valence electrons. The molecule has 0 spiro atoms. The standard InChI is InChI=1S/C9H13N3O2/c1-14-9(13)8-5-7-4-6(10)2-3-12(7)11-8/h5-6H,2-4,10H2,1H3. The summed E-state index contributed by atoms with van der Waals surface area (Å²) in [5, 5.41) is 4.14. The van der Waals surface area contributed by atoms with Gasteiger partial charge in [-0.2, -0.15) is 5.10 Å². The second kappa shape index (κ2) is 3.42. The minimum atomic E-state index is -0.388. The van der Waals surface area contributed by atoms with Gasteiger partial charge in [0.25, 0.3) is 0 Å². The SMILES string of the molecule is COC(=O)c1cc2n(n1)CCC(N)C2. The van der Waals surface area contributed by atoms with Crippen molar-refractivity contribution in [3.05, 3.63) is 17.5 Å². The van der Waals surface area contributed by atoms with Crippen molar-refractivity contribution in [1.82, 2.24) is 9.78 Å². The van der Waals surface area contributed by atoms with E-state index in [4.69, 9.17) is 5.73 Å². The van der Waals surface area contributed by atoms with Crippen molar-refractivity contribution >= 4 is 5.97 Å². The van der Waals surface area contributed by atoms with Gasteiger partial charge in [0.05, 0.1) is 7.11 Å². The van der Waals surface area contributed by atoms with E-state index in [9.17, 15) is 4.79 Å². The fraction of sp³-hybridized carbons (Fsp3) is 0.556. The zero-order chi connectivity index (χ0) is 10.1. The van der Waals surface area contributed by atoms with E-state index in [1.54, 1.807) is 6.07 Å². The van der Waals surface area contributed by atoms with Crippen molar-refractivity contribution in [2.45, 2.75) is 25.4 Å². The average Bonchev–Trinajstić information content (AvgIpc) is 2.59. The van der Waals surface area contributed by atoms with Crippen LogP contribution in [0.1, 0.15) is 22.6 Å². The summed E-state index contributed by atoms with van der Waals surface area (Å²) in [6.45, 7) is 0.785. The first-order valence-electron chi connectivity index (χ1n) is 4.61. The number of nitrogens with zero attached hydrogens (tertiary/aromatic N) is 2. The van der Waals surface area contributed by atoms with Gasteiger partial charge in [-0.05, 0) is 12.5 Å². The predicted octanol–water partition coefficient (Wildman–Crippen LogP) is -0.0568. The molecule has 0 fully saturated rings. The Kier molecular flexibility index (Phi) is 2.25. The van der Waals surface area contributed by atoms with E-state index in [2.05, 4.69) is 9.84 Å². The van der Waals surface area contributed by atoms with Crippen LogP contribution in [0.5, 0.6) is 0 Å². The van der Waals surface area contributed by atoms with Crippen LogP contribution in [0.3, 0.4) is 0 Å². The number of methoxy groups -OCH3 is 1. The highest BCUT2D eigenvalue weighted by Crippen LogP contribution is 2.15. The van der Waals surface area contributed by atoms with Crippen LogP contribution >= 0.6 is 0 Å². The third-order valence-electron chi connectivity index (χ3n) is 2.44. The summed E-state index contributed by atoms with van der Waals surface area (Å²) in [5.41, 5.74) is 7.20. The topological polar surface area (TPSA) is 70.1 Å². The molecular weight excluding hydrogens is 182 g/mol. The summed E-state index contributed by atoms with van der Waals surface area (Å²) in [4.78, 5) is 11.2. The average molecular weight is 195 g/mol. The monoisotopic (exact) mass is 195 g/mol. The lowest BCUT2D eigenvalue weighted by Crippen LogP contribution is -2.30.